The Morgan fingerprint density at radius 2 is 1.62 bits per heavy atom. The summed E-state index contributed by atoms with van der Waals surface area (Å²) in [5.41, 5.74) is -0.843. The number of aromatic nitrogens is 3. The second-order valence-electron chi connectivity index (χ2n) is 6.46. The molecule has 0 atom stereocenters. The molecule has 172 valence electrons. The molecule has 3 rings (SSSR count). The zero-order chi connectivity index (χ0) is 23.4. The van der Waals surface area contributed by atoms with E-state index in [1.807, 2.05) is 0 Å². The summed E-state index contributed by atoms with van der Waals surface area (Å²) >= 11 is 0.746. The van der Waals surface area contributed by atoms with Gasteiger partial charge in [0.1, 0.15) is 18.1 Å². The molecule has 0 unspecified atom stereocenters. The van der Waals surface area contributed by atoms with E-state index >= 15 is 0 Å². The average molecular weight is 477 g/mol. The number of hydrogen-bond donors (Lipinski definition) is 0. The van der Waals surface area contributed by atoms with Gasteiger partial charge in [-0.05, 0) is 42.5 Å². The lowest BCUT2D eigenvalue weighted by Crippen LogP contribution is -2.11. The predicted octanol–water partition coefficient (Wildman–Crippen LogP) is 5.92. The van der Waals surface area contributed by atoms with Crippen molar-refractivity contribution in [3.8, 4) is 17.2 Å². The lowest BCUT2D eigenvalue weighted by atomic mass is 10.2. The van der Waals surface area contributed by atoms with E-state index in [-0.39, 0.29) is 29.0 Å². The van der Waals surface area contributed by atoms with Gasteiger partial charge in [-0.1, -0.05) is 17.8 Å². The summed E-state index contributed by atoms with van der Waals surface area (Å²) in [6, 6.07) is 11.0. The maximum atomic E-state index is 13.2. The molecule has 0 bridgehead atoms. The quantitative estimate of drug-likeness (QED) is 0.298. The van der Waals surface area contributed by atoms with Crippen LogP contribution < -0.4 is 9.47 Å². The highest BCUT2D eigenvalue weighted by atomic mass is 32.2. The molecule has 2 aromatic carbocycles. The molecular formula is C20H17F6N3O2S. The van der Waals surface area contributed by atoms with Gasteiger partial charge < -0.3 is 9.47 Å². The second-order valence-corrected chi connectivity index (χ2v) is 7.52. The summed E-state index contributed by atoms with van der Waals surface area (Å²) in [5.74, 6) is 0.818. The van der Waals surface area contributed by atoms with Crippen LogP contribution in [0.2, 0.25) is 0 Å². The van der Waals surface area contributed by atoms with Crippen LogP contribution in [0.15, 0.2) is 53.7 Å². The van der Waals surface area contributed by atoms with Crippen molar-refractivity contribution in [1.29, 1.82) is 0 Å². The molecule has 0 saturated heterocycles. The average Bonchev–Trinajstić information content (AvgIpc) is 3.14. The van der Waals surface area contributed by atoms with Gasteiger partial charge in [-0.25, -0.2) is 0 Å². The SMILES string of the molecule is COc1ccc(OCc2nnc(SCCC(F)(F)F)n2-c2cccc(C(F)(F)F)c2)cc1. The van der Waals surface area contributed by atoms with E-state index in [9.17, 15) is 26.3 Å². The van der Waals surface area contributed by atoms with E-state index in [0.29, 0.717) is 11.5 Å². The van der Waals surface area contributed by atoms with Gasteiger partial charge in [0.05, 0.1) is 24.8 Å². The Kier molecular flexibility index (Phi) is 7.22. The van der Waals surface area contributed by atoms with Crippen LogP contribution >= 0.6 is 11.8 Å². The summed E-state index contributed by atoms with van der Waals surface area (Å²) in [5, 5.41) is 7.83. The van der Waals surface area contributed by atoms with Crippen LogP contribution in [0, 0.1) is 0 Å². The summed E-state index contributed by atoms with van der Waals surface area (Å²) in [4.78, 5) is 0. The Hall–Kier alpha value is -2.89. The van der Waals surface area contributed by atoms with Crippen molar-refractivity contribution in [2.24, 2.45) is 0 Å². The van der Waals surface area contributed by atoms with Crippen molar-refractivity contribution in [1.82, 2.24) is 14.8 Å². The van der Waals surface area contributed by atoms with Gasteiger partial charge in [0.25, 0.3) is 0 Å². The summed E-state index contributed by atoms with van der Waals surface area (Å²) in [6.07, 6.45) is -10.0. The van der Waals surface area contributed by atoms with Crippen LogP contribution in [0.3, 0.4) is 0 Å². The maximum Gasteiger partial charge on any atom is 0.416 e. The number of rotatable bonds is 8. The number of ether oxygens (including phenoxy) is 2. The minimum Gasteiger partial charge on any atom is -0.497 e. The van der Waals surface area contributed by atoms with Crippen molar-refractivity contribution >= 4 is 11.8 Å². The highest BCUT2D eigenvalue weighted by molar-refractivity contribution is 7.99. The molecule has 1 heterocycles. The van der Waals surface area contributed by atoms with Crippen LogP contribution in [-0.4, -0.2) is 33.8 Å². The second kappa shape index (κ2) is 9.72. The molecule has 0 aliphatic carbocycles. The molecule has 32 heavy (non-hydrogen) atoms. The molecule has 0 fully saturated rings. The minimum atomic E-state index is -4.59. The highest BCUT2D eigenvalue weighted by Gasteiger charge is 2.31. The zero-order valence-electron chi connectivity index (χ0n) is 16.6. The first kappa shape index (κ1) is 23.8. The summed E-state index contributed by atoms with van der Waals surface area (Å²) in [6.45, 7) is -0.171. The summed E-state index contributed by atoms with van der Waals surface area (Å²) < 4.78 is 89.0. The molecule has 5 nitrogen and oxygen atoms in total. The van der Waals surface area contributed by atoms with Crippen LogP contribution in [0.1, 0.15) is 17.8 Å². The number of alkyl halides is 6. The van der Waals surface area contributed by atoms with Crippen LogP contribution in [0.5, 0.6) is 11.5 Å². The van der Waals surface area contributed by atoms with Crippen molar-refractivity contribution in [3.63, 3.8) is 0 Å². The van der Waals surface area contributed by atoms with Crippen molar-refractivity contribution in [2.45, 2.75) is 30.5 Å². The lowest BCUT2D eigenvalue weighted by Gasteiger charge is -2.14. The minimum absolute atomic E-state index is 0.0295. The van der Waals surface area contributed by atoms with E-state index in [1.54, 1.807) is 24.3 Å². The zero-order valence-corrected chi connectivity index (χ0v) is 17.4. The van der Waals surface area contributed by atoms with Gasteiger partial charge in [-0.15, -0.1) is 10.2 Å². The molecule has 0 amide bonds. The highest BCUT2D eigenvalue weighted by Crippen LogP contribution is 2.32. The molecule has 0 aliphatic rings. The molecule has 1 aromatic heterocycles. The fourth-order valence-corrected chi connectivity index (χ4v) is 3.60. The number of thioether (sulfide) groups is 1. The Bertz CT molecular complexity index is 1040. The van der Waals surface area contributed by atoms with E-state index < -0.39 is 24.3 Å². The van der Waals surface area contributed by atoms with E-state index in [1.165, 1.54) is 23.8 Å². The largest absolute Gasteiger partial charge is 0.497 e. The van der Waals surface area contributed by atoms with Crippen molar-refractivity contribution in [3.05, 3.63) is 59.9 Å². The number of nitrogens with zero attached hydrogens (tertiary/aromatic N) is 3. The van der Waals surface area contributed by atoms with Gasteiger partial charge >= 0.3 is 12.4 Å². The summed E-state index contributed by atoms with van der Waals surface area (Å²) in [7, 11) is 1.51. The monoisotopic (exact) mass is 477 g/mol. The van der Waals surface area contributed by atoms with Gasteiger partial charge in [-0.2, -0.15) is 26.3 Å². The third kappa shape index (κ3) is 6.31. The number of hydrogen-bond acceptors (Lipinski definition) is 5. The Morgan fingerprint density at radius 3 is 2.25 bits per heavy atom. The normalized spacial score (nSPS) is 12.1. The van der Waals surface area contributed by atoms with Crippen molar-refractivity contribution < 1.29 is 35.8 Å². The van der Waals surface area contributed by atoms with E-state index in [2.05, 4.69) is 10.2 Å². The standard InChI is InChI=1S/C20H17F6N3O2S/c1-30-15-5-7-16(8-6-15)31-12-17-27-28-18(32-10-9-19(21,22)23)29(17)14-4-2-3-13(11-14)20(24,25)26/h2-8,11H,9-10,12H2,1H3. The molecule has 12 heteroatoms. The molecule has 0 spiro atoms. The van der Waals surface area contributed by atoms with Gasteiger partial charge in [0.15, 0.2) is 11.0 Å². The Balaban J connectivity index is 1.89. The lowest BCUT2D eigenvalue weighted by molar-refractivity contribution is -0.137. The van der Waals surface area contributed by atoms with Crippen LogP contribution in [-0.2, 0) is 12.8 Å². The van der Waals surface area contributed by atoms with E-state index in [0.717, 1.165) is 23.9 Å². The van der Waals surface area contributed by atoms with Crippen LogP contribution in [0.4, 0.5) is 26.3 Å². The maximum absolute atomic E-state index is 13.2. The first-order valence-corrected chi connectivity index (χ1v) is 10.1. The van der Waals surface area contributed by atoms with Crippen LogP contribution in [0.25, 0.3) is 5.69 Å². The van der Waals surface area contributed by atoms with E-state index in [4.69, 9.17) is 9.47 Å². The number of methoxy groups -OCH3 is 1. The molecule has 0 aliphatic heterocycles. The molecule has 3 aromatic rings. The number of benzene rings is 2. The third-order valence-corrected chi connectivity index (χ3v) is 5.11. The smallest absolute Gasteiger partial charge is 0.416 e. The first-order chi connectivity index (χ1) is 15.1. The first-order valence-electron chi connectivity index (χ1n) is 9.15. The van der Waals surface area contributed by atoms with Crippen molar-refractivity contribution in [2.75, 3.05) is 12.9 Å². The molecular weight excluding hydrogens is 460 g/mol. The Morgan fingerprint density at radius 1 is 0.938 bits per heavy atom. The fraction of sp³-hybridized carbons (Fsp3) is 0.300. The topological polar surface area (TPSA) is 49.2 Å². The van der Waals surface area contributed by atoms with Gasteiger partial charge in [-0.3, -0.25) is 4.57 Å². The number of halogens is 6. The van der Waals surface area contributed by atoms with Gasteiger partial charge in [0, 0.05) is 5.75 Å². The molecule has 0 saturated carbocycles. The molecule has 0 radical (unpaired) electrons. The van der Waals surface area contributed by atoms with Gasteiger partial charge in [0.2, 0.25) is 0 Å². The Labute approximate surface area is 183 Å². The third-order valence-electron chi connectivity index (χ3n) is 4.18. The predicted molar refractivity (Wildman–Crippen MR) is 105 cm³/mol. The fourth-order valence-electron chi connectivity index (χ4n) is 2.65. The molecule has 0 N–H and O–H groups in total.